The highest BCUT2D eigenvalue weighted by Gasteiger charge is 2.27. The van der Waals surface area contributed by atoms with E-state index >= 15 is 0 Å². The molecule has 0 bridgehead atoms. The summed E-state index contributed by atoms with van der Waals surface area (Å²) < 4.78 is 19.0. The van der Waals surface area contributed by atoms with Gasteiger partial charge in [0.05, 0.1) is 6.61 Å². The smallest absolute Gasteiger partial charge is 0.318 e. The van der Waals surface area contributed by atoms with Gasteiger partial charge in [-0.3, -0.25) is 0 Å². The number of benzene rings is 2. The predicted molar refractivity (Wildman–Crippen MR) is 122 cm³/mol. The second-order valence-corrected chi connectivity index (χ2v) is 8.29. The number of rotatable bonds is 9. The maximum absolute atomic E-state index is 13.3. The molecule has 31 heavy (non-hydrogen) atoms. The lowest BCUT2D eigenvalue weighted by Crippen LogP contribution is -2.49. The molecule has 1 saturated heterocycles. The molecule has 168 valence electrons. The van der Waals surface area contributed by atoms with Crippen LogP contribution in [0.4, 0.5) is 9.18 Å². The van der Waals surface area contributed by atoms with E-state index in [-0.39, 0.29) is 17.9 Å². The van der Waals surface area contributed by atoms with Gasteiger partial charge in [0.1, 0.15) is 11.6 Å². The van der Waals surface area contributed by atoms with Gasteiger partial charge in [0.15, 0.2) is 0 Å². The summed E-state index contributed by atoms with van der Waals surface area (Å²) in [5, 5.41) is 3.07. The van der Waals surface area contributed by atoms with Gasteiger partial charge in [-0.15, -0.1) is 0 Å². The van der Waals surface area contributed by atoms with Gasteiger partial charge in [-0.25, -0.2) is 9.18 Å². The first kappa shape index (κ1) is 23.1. The van der Waals surface area contributed by atoms with E-state index in [1.807, 2.05) is 29.2 Å². The number of likely N-dealkylation sites (tertiary alicyclic amines) is 1. The van der Waals surface area contributed by atoms with E-state index in [1.54, 1.807) is 12.1 Å². The number of unbranched alkanes of at least 4 members (excludes halogenated alkanes) is 1. The quantitative estimate of drug-likeness (QED) is 0.584. The van der Waals surface area contributed by atoms with Crippen molar-refractivity contribution in [2.24, 2.45) is 0 Å². The van der Waals surface area contributed by atoms with Crippen molar-refractivity contribution in [1.29, 1.82) is 0 Å². The summed E-state index contributed by atoms with van der Waals surface area (Å²) in [5.74, 6) is 0.592. The van der Waals surface area contributed by atoms with Gasteiger partial charge in [-0.1, -0.05) is 37.6 Å². The zero-order chi connectivity index (χ0) is 22.1. The van der Waals surface area contributed by atoms with Crippen LogP contribution in [0.5, 0.6) is 5.75 Å². The molecule has 0 spiro atoms. The third-order valence-corrected chi connectivity index (χ3v) is 5.79. The highest BCUT2D eigenvalue weighted by Crippen LogP contribution is 2.19. The van der Waals surface area contributed by atoms with Crippen molar-refractivity contribution in [1.82, 2.24) is 15.1 Å². The number of urea groups is 1. The lowest BCUT2D eigenvalue weighted by atomic mass is 10.0. The molecule has 1 heterocycles. The normalized spacial score (nSPS) is 14.9. The van der Waals surface area contributed by atoms with E-state index in [0.29, 0.717) is 13.1 Å². The minimum absolute atomic E-state index is 0.0813. The van der Waals surface area contributed by atoms with E-state index in [0.717, 1.165) is 62.3 Å². The summed E-state index contributed by atoms with van der Waals surface area (Å²) in [5.41, 5.74) is 1.96. The van der Waals surface area contributed by atoms with E-state index < -0.39 is 0 Å². The third-order valence-electron chi connectivity index (χ3n) is 5.79. The molecule has 1 aliphatic heterocycles. The first-order valence-corrected chi connectivity index (χ1v) is 11.2. The van der Waals surface area contributed by atoms with Crippen molar-refractivity contribution in [2.75, 3.05) is 26.7 Å². The molecule has 2 aromatic rings. The van der Waals surface area contributed by atoms with Crippen LogP contribution in [0, 0.1) is 5.82 Å². The number of amides is 2. The van der Waals surface area contributed by atoms with Gasteiger partial charge >= 0.3 is 6.03 Å². The van der Waals surface area contributed by atoms with Crippen LogP contribution in [0.2, 0.25) is 0 Å². The molecule has 0 aliphatic carbocycles. The van der Waals surface area contributed by atoms with Crippen LogP contribution < -0.4 is 10.1 Å². The number of carbonyl (C=O) groups excluding carboxylic acids is 1. The van der Waals surface area contributed by atoms with Crippen molar-refractivity contribution in [2.45, 2.75) is 51.7 Å². The van der Waals surface area contributed by atoms with Crippen LogP contribution in [0.25, 0.3) is 0 Å². The van der Waals surface area contributed by atoms with Crippen LogP contribution in [0.3, 0.4) is 0 Å². The number of ether oxygens (including phenoxy) is 1. The highest BCUT2D eigenvalue weighted by atomic mass is 19.1. The topological polar surface area (TPSA) is 44.8 Å². The Balaban J connectivity index is 1.60. The molecule has 1 fully saturated rings. The molecule has 0 unspecified atom stereocenters. The average molecular weight is 428 g/mol. The van der Waals surface area contributed by atoms with Crippen LogP contribution in [-0.2, 0) is 13.1 Å². The Morgan fingerprint density at radius 3 is 2.39 bits per heavy atom. The van der Waals surface area contributed by atoms with E-state index in [1.165, 1.54) is 12.1 Å². The fraction of sp³-hybridized carbons (Fsp3) is 0.480. The molecule has 0 saturated carbocycles. The fourth-order valence-corrected chi connectivity index (χ4v) is 3.78. The summed E-state index contributed by atoms with van der Waals surface area (Å²) in [6.07, 6.45) is 4.03. The van der Waals surface area contributed by atoms with E-state index in [2.05, 4.69) is 24.2 Å². The van der Waals surface area contributed by atoms with Crippen molar-refractivity contribution in [3.05, 3.63) is 65.5 Å². The fourth-order valence-electron chi connectivity index (χ4n) is 3.78. The van der Waals surface area contributed by atoms with E-state index in [9.17, 15) is 9.18 Å². The Bertz CT molecular complexity index is 803. The monoisotopic (exact) mass is 427 g/mol. The summed E-state index contributed by atoms with van der Waals surface area (Å²) in [6.45, 7) is 5.74. The van der Waals surface area contributed by atoms with Crippen molar-refractivity contribution in [3.8, 4) is 5.75 Å². The van der Waals surface area contributed by atoms with Crippen LogP contribution in [0.1, 0.15) is 43.7 Å². The minimum Gasteiger partial charge on any atom is -0.494 e. The molecule has 2 amide bonds. The molecule has 0 radical (unpaired) electrons. The Morgan fingerprint density at radius 2 is 1.74 bits per heavy atom. The Kier molecular flexibility index (Phi) is 8.71. The number of nitrogens with one attached hydrogen (secondary N) is 1. The molecular weight excluding hydrogens is 393 g/mol. The molecule has 5 nitrogen and oxygen atoms in total. The summed E-state index contributed by atoms with van der Waals surface area (Å²) in [7, 11) is 2.11. The number of hydrogen-bond donors (Lipinski definition) is 1. The van der Waals surface area contributed by atoms with Gasteiger partial charge in [0.25, 0.3) is 0 Å². The van der Waals surface area contributed by atoms with Crippen molar-refractivity contribution < 1.29 is 13.9 Å². The Labute approximate surface area is 185 Å². The summed E-state index contributed by atoms with van der Waals surface area (Å²) in [6, 6.07) is 14.4. The number of halogens is 1. The van der Waals surface area contributed by atoms with E-state index in [4.69, 9.17) is 4.74 Å². The number of piperidine rings is 1. The average Bonchev–Trinajstić information content (AvgIpc) is 2.79. The lowest BCUT2D eigenvalue weighted by Gasteiger charge is -2.37. The van der Waals surface area contributed by atoms with Crippen LogP contribution in [-0.4, -0.2) is 48.6 Å². The lowest BCUT2D eigenvalue weighted by molar-refractivity contribution is 0.127. The molecule has 0 aromatic heterocycles. The first-order chi connectivity index (χ1) is 15.0. The molecule has 6 heteroatoms. The molecule has 1 aliphatic rings. The largest absolute Gasteiger partial charge is 0.494 e. The number of nitrogens with zero attached hydrogens (tertiary/aromatic N) is 2. The maximum atomic E-state index is 13.3. The summed E-state index contributed by atoms with van der Waals surface area (Å²) in [4.78, 5) is 17.3. The molecule has 3 rings (SSSR count). The van der Waals surface area contributed by atoms with Gasteiger partial charge in [-0.05, 0) is 74.8 Å². The second-order valence-electron chi connectivity index (χ2n) is 8.29. The molecular formula is C25H34FN3O2. The predicted octanol–water partition coefficient (Wildman–Crippen LogP) is 4.81. The summed E-state index contributed by atoms with van der Waals surface area (Å²) >= 11 is 0. The molecule has 1 N–H and O–H groups in total. The number of carbonyl (C=O) groups is 1. The minimum atomic E-state index is -0.263. The SMILES string of the molecule is CCCCOc1ccc(CNC(=O)N(Cc2ccc(F)cc2)C2CCN(C)CC2)cc1. The van der Waals surface area contributed by atoms with Crippen LogP contribution >= 0.6 is 0 Å². The first-order valence-electron chi connectivity index (χ1n) is 11.2. The Hall–Kier alpha value is -2.60. The third kappa shape index (κ3) is 7.24. The molecule has 2 aromatic carbocycles. The van der Waals surface area contributed by atoms with Gasteiger partial charge in [-0.2, -0.15) is 0 Å². The molecule has 0 atom stereocenters. The van der Waals surface area contributed by atoms with Crippen LogP contribution in [0.15, 0.2) is 48.5 Å². The zero-order valence-corrected chi connectivity index (χ0v) is 18.6. The van der Waals surface area contributed by atoms with Gasteiger partial charge in [0, 0.05) is 19.1 Å². The van der Waals surface area contributed by atoms with Gasteiger partial charge < -0.3 is 19.9 Å². The maximum Gasteiger partial charge on any atom is 0.318 e. The second kappa shape index (κ2) is 11.7. The zero-order valence-electron chi connectivity index (χ0n) is 18.6. The highest BCUT2D eigenvalue weighted by molar-refractivity contribution is 5.74. The van der Waals surface area contributed by atoms with Gasteiger partial charge in [0.2, 0.25) is 0 Å². The number of hydrogen-bond acceptors (Lipinski definition) is 3. The Morgan fingerprint density at radius 1 is 1.10 bits per heavy atom. The van der Waals surface area contributed by atoms with Crippen molar-refractivity contribution >= 4 is 6.03 Å². The van der Waals surface area contributed by atoms with Crippen molar-refractivity contribution in [3.63, 3.8) is 0 Å². The standard InChI is InChI=1S/C25H34FN3O2/c1-3-4-17-31-24-11-7-20(8-12-24)18-27-25(30)29(23-13-15-28(2)16-14-23)19-21-5-9-22(26)10-6-21/h5-12,23H,3-4,13-19H2,1-2H3,(H,27,30).